The van der Waals surface area contributed by atoms with E-state index in [4.69, 9.17) is 5.73 Å². The molecule has 0 aliphatic rings. The van der Waals surface area contributed by atoms with Crippen molar-refractivity contribution in [1.29, 1.82) is 0 Å². The number of hydrogen-bond acceptors (Lipinski definition) is 6. The Balaban J connectivity index is 2.15. The SMILES string of the molecule is Cc1cc(C)n(-c2nc(N)nc(-n3ccnc3)n2)n1. The molecule has 0 bridgehead atoms. The molecule has 0 aromatic carbocycles. The van der Waals surface area contributed by atoms with Gasteiger partial charge in [-0.25, -0.2) is 9.67 Å². The molecule has 19 heavy (non-hydrogen) atoms. The first kappa shape index (κ1) is 11.3. The molecule has 3 rings (SSSR count). The minimum absolute atomic E-state index is 0.140. The summed E-state index contributed by atoms with van der Waals surface area (Å²) in [4.78, 5) is 16.5. The number of anilines is 1. The van der Waals surface area contributed by atoms with E-state index < -0.39 is 0 Å². The van der Waals surface area contributed by atoms with Gasteiger partial charge in [-0.1, -0.05) is 0 Å². The molecule has 0 saturated carbocycles. The van der Waals surface area contributed by atoms with E-state index in [-0.39, 0.29) is 5.95 Å². The van der Waals surface area contributed by atoms with E-state index in [9.17, 15) is 0 Å². The zero-order valence-corrected chi connectivity index (χ0v) is 10.5. The van der Waals surface area contributed by atoms with Gasteiger partial charge in [0.1, 0.15) is 6.33 Å². The molecule has 3 heterocycles. The van der Waals surface area contributed by atoms with Crippen LogP contribution in [0.3, 0.4) is 0 Å². The monoisotopic (exact) mass is 256 g/mol. The summed E-state index contributed by atoms with van der Waals surface area (Å²) in [6, 6.07) is 1.94. The lowest BCUT2D eigenvalue weighted by molar-refractivity contribution is 0.753. The lowest BCUT2D eigenvalue weighted by Gasteiger charge is -2.06. The molecule has 0 radical (unpaired) electrons. The van der Waals surface area contributed by atoms with Crippen LogP contribution >= 0.6 is 0 Å². The van der Waals surface area contributed by atoms with Crippen molar-refractivity contribution in [2.75, 3.05) is 5.73 Å². The molecule has 2 N–H and O–H groups in total. The second-order valence-corrected chi connectivity index (χ2v) is 4.10. The van der Waals surface area contributed by atoms with Gasteiger partial charge in [-0.2, -0.15) is 20.1 Å². The maximum atomic E-state index is 5.72. The Labute approximate surface area is 109 Å². The molecule has 0 amide bonds. The minimum atomic E-state index is 0.140. The molecule has 0 aliphatic heterocycles. The van der Waals surface area contributed by atoms with Crippen LogP contribution in [0, 0.1) is 13.8 Å². The van der Waals surface area contributed by atoms with Crippen molar-refractivity contribution in [2.24, 2.45) is 0 Å². The molecular formula is C11H12N8. The van der Waals surface area contributed by atoms with Gasteiger partial charge in [0.25, 0.3) is 5.95 Å². The fourth-order valence-electron chi connectivity index (χ4n) is 1.79. The smallest absolute Gasteiger partial charge is 0.257 e. The number of nitrogens with two attached hydrogens (primary N) is 1. The third-order valence-electron chi connectivity index (χ3n) is 2.56. The Hall–Kier alpha value is -2.77. The molecule has 0 aliphatic carbocycles. The maximum absolute atomic E-state index is 5.72. The van der Waals surface area contributed by atoms with Crippen LogP contribution in [-0.2, 0) is 0 Å². The third kappa shape index (κ3) is 2.03. The number of nitrogen functional groups attached to an aromatic ring is 1. The average Bonchev–Trinajstić information content (AvgIpc) is 2.98. The van der Waals surface area contributed by atoms with Gasteiger partial charge >= 0.3 is 0 Å². The van der Waals surface area contributed by atoms with Crippen LogP contribution in [0.5, 0.6) is 0 Å². The summed E-state index contributed by atoms with van der Waals surface area (Å²) in [6.45, 7) is 3.84. The predicted molar refractivity (Wildman–Crippen MR) is 68.0 cm³/mol. The Morgan fingerprint density at radius 1 is 1.11 bits per heavy atom. The summed E-state index contributed by atoms with van der Waals surface area (Å²) in [5.74, 6) is 0.940. The first-order chi connectivity index (χ1) is 9.13. The third-order valence-corrected chi connectivity index (χ3v) is 2.56. The highest BCUT2D eigenvalue weighted by Crippen LogP contribution is 2.10. The Bertz CT molecular complexity index is 712. The quantitative estimate of drug-likeness (QED) is 0.714. The van der Waals surface area contributed by atoms with Gasteiger partial charge in [0.15, 0.2) is 0 Å². The Morgan fingerprint density at radius 2 is 1.89 bits per heavy atom. The number of aromatic nitrogens is 7. The normalized spacial score (nSPS) is 10.8. The average molecular weight is 256 g/mol. The Kier molecular flexibility index (Phi) is 2.48. The summed E-state index contributed by atoms with van der Waals surface area (Å²) in [5.41, 5.74) is 7.54. The summed E-state index contributed by atoms with van der Waals surface area (Å²) < 4.78 is 3.29. The van der Waals surface area contributed by atoms with Crippen molar-refractivity contribution in [3.63, 3.8) is 0 Å². The molecule has 0 spiro atoms. The van der Waals surface area contributed by atoms with E-state index in [0.29, 0.717) is 11.9 Å². The van der Waals surface area contributed by atoms with Gasteiger partial charge in [-0.3, -0.25) is 4.57 Å². The minimum Gasteiger partial charge on any atom is -0.368 e. The van der Waals surface area contributed by atoms with Gasteiger partial charge in [0, 0.05) is 18.1 Å². The van der Waals surface area contributed by atoms with Crippen LogP contribution < -0.4 is 5.73 Å². The zero-order chi connectivity index (χ0) is 13.4. The number of hydrogen-bond donors (Lipinski definition) is 1. The predicted octanol–water partition coefficient (Wildman–Crippen LogP) is 0.442. The van der Waals surface area contributed by atoms with Crippen molar-refractivity contribution in [2.45, 2.75) is 13.8 Å². The molecule has 8 nitrogen and oxygen atoms in total. The van der Waals surface area contributed by atoms with Gasteiger partial charge in [-0.15, -0.1) is 0 Å². The molecule has 96 valence electrons. The van der Waals surface area contributed by atoms with Gasteiger partial charge in [-0.05, 0) is 19.9 Å². The summed E-state index contributed by atoms with van der Waals surface area (Å²) >= 11 is 0. The second kappa shape index (κ2) is 4.16. The maximum Gasteiger partial charge on any atom is 0.257 e. The molecule has 3 aromatic rings. The first-order valence-corrected chi connectivity index (χ1v) is 5.67. The fraction of sp³-hybridized carbons (Fsp3) is 0.182. The fourth-order valence-corrected chi connectivity index (χ4v) is 1.79. The summed E-state index contributed by atoms with van der Waals surface area (Å²) in [7, 11) is 0. The van der Waals surface area contributed by atoms with Crippen LogP contribution in [0.2, 0.25) is 0 Å². The van der Waals surface area contributed by atoms with Crippen molar-refractivity contribution in [3.8, 4) is 11.9 Å². The van der Waals surface area contributed by atoms with E-state index >= 15 is 0 Å². The molecule has 0 fully saturated rings. The molecule has 3 aromatic heterocycles. The lowest BCUT2D eigenvalue weighted by Crippen LogP contribution is -2.12. The molecule has 0 atom stereocenters. The summed E-state index contributed by atoms with van der Waals surface area (Å²) in [6.07, 6.45) is 4.97. The standard InChI is InChI=1S/C11H12N8/c1-7-5-8(2)19(17-7)11-15-9(12)14-10(16-11)18-4-3-13-6-18/h3-6H,1-2H3,(H2,12,14,15,16). The van der Waals surface area contributed by atoms with E-state index in [0.717, 1.165) is 11.4 Å². The van der Waals surface area contributed by atoms with Crippen LogP contribution in [-0.4, -0.2) is 34.3 Å². The largest absolute Gasteiger partial charge is 0.368 e. The molecule has 0 saturated heterocycles. The zero-order valence-electron chi connectivity index (χ0n) is 10.5. The Morgan fingerprint density at radius 3 is 2.53 bits per heavy atom. The van der Waals surface area contributed by atoms with Gasteiger partial charge < -0.3 is 5.73 Å². The van der Waals surface area contributed by atoms with Crippen molar-refractivity contribution in [3.05, 3.63) is 36.2 Å². The number of aryl methyl sites for hydroxylation is 2. The van der Waals surface area contributed by atoms with Crippen molar-refractivity contribution in [1.82, 2.24) is 34.3 Å². The molecular weight excluding hydrogens is 244 g/mol. The number of nitrogens with zero attached hydrogens (tertiary/aromatic N) is 7. The summed E-state index contributed by atoms with van der Waals surface area (Å²) in [5, 5.41) is 4.33. The highest BCUT2D eigenvalue weighted by molar-refractivity contribution is 5.30. The van der Waals surface area contributed by atoms with E-state index in [1.54, 1.807) is 28.0 Å². The number of imidazole rings is 1. The first-order valence-electron chi connectivity index (χ1n) is 5.67. The topological polar surface area (TPSA) is 100 Å². The number of rotatable bonds is 2. The molecule has 8 heteroatoms. The van der Waals surface area contributed by atoms with E-state index in [1.807, 2.05) is 19.9 Å². The van der Waals surface area contributed by atoms with Crippen LogP contribution in [0.15, 0.2) is 24.8 Å². The van der Waals surface area contributed by atoms with Crippen LogP contribution in [0.25, 0.3) is 11.9 Å². The van der Waals surface area contributed by atoms with Crippen molar-refractivity contribution >= 4 is 5.95 Å². The highest BCUT2D eigenvalue weighted by Gasteiger charge is 2.11. The van der Waals surface area contributed by atoms with E-state index in [1.165, 1.54) is 0 Å². The van der Waals surface area contributed by atoms with Crippen LogP contribution in [0.1, 0.15) is 11.4 Å². The lowest BCUT2D eigenvalue weighted by atomic mass is 10.4. The van der Waals surface area contributed by atoms with Crippen molar-refractivity contribution < 1.29 is 0 Å². The van der Waals surface area contributed by atoms with E-state index in [2.05, 4.69) is 25.0 Å². The van der Waals surface area contributed by atoms with Crippen LogP contribution in [0.4, 0.5) is 5.95 Å². The molecule has 0 unspecified atom stereocenters. The van der Waals surface area contributed by atoms with Gasteiger partial charge in [0.2, 0.25) is 11.9 Å². The second-order valence-electron chi connectivity index (χ2n) is 4.10. The van der Waals surface area contributed by atoms with Gasteiger partial charge in [0.05, 0.1) is 5.69 Å². The highest BCUT2D eigenvalue weighted by atomic mass is 15.4.